The van der Waals surface area contributed by atoms with Gasteiger partial charge in [0.05, 0.1) is 16.3 Å². The largest absolute Gasteiger partial charge is 0.397 e. The molecule has 0 aliphatic carbocycles. The van der Waals surface area contributed by atoms with Crippen LogP contribution in [0.3, 0.4) is 0 Å². The number of sulfonamides is 1. The van der Waals surface area contributed by atoms with Crippen LogP contribution in [0.1, 0.15) is 5.56 Å². The van der Waals surface area contributed by atoms with E-state index in [9.17, 15) is 8.42 Å². The molecule has 1 aliphatic heterocycles. The van der Waals surface area contributed by atoms with Crippen LogP contribution in [0.25, 0.3) is 0 Å². The maximum absolute atomic E-state index is 12.6. The molecule has 0 saturated carbocycles. The molecule has 0 unspecified atom stereocenters. The number of fused-ring (bicyclic) bond motifs is 1. The van der Waals surface area contributed by atoms with E-state index >= 15 is 0 Å². The summed E-state index contributed by atoms with van der Waals surface area (Å²) in [5.41, 5.74) is 8.06. The van der Waals surface area contributed by atoms with Crippen LogP contribution in [0, 0.1) is 0 Å². The van der Waals surface area contributed by atoms with Gasteiger partial charge >= 0.3 is 0 Å². The highest BCUT2D eigenvalue weighted by molar-refractivity contribution is 7.92. The monoisotopic (exact) mass is 274 g/mol. The van der Waals surface area contributed by atoms with Gasteiger partial charge < -0.3 is 5.73 Å². The van der Waals surface area contributed by atoms with Crippen LogP contribution < -0.4 is 10.0 Å². The van der Waals surface area contributed by atoms with Gasteiger partial charge in [-0.3, -0.25) is 4.31 Å². The molecule has 0 bridgehead atoms. The van der Waals surface area contributed by atoms with Crippen LogP contribution in [0.2, 0.25) is 0 Å². The average molecular weight is 274 g/mol. The molecule has 0 radical (unpaired) electrons. The molecule has 98 valence electrons. The number of para-hydroxylation sites is 1. The van der Waals surface area contributed by atoms with E-state index in [0.717, 1.165) is 5.56 Å². The van der Waals surface area contributed by atoms with Crippen molar-refractivity contribution in [2.45, 2.75) is 11.3 Å². The number of hydrogen-bond acceptors (Lipinski definition) is 3. The smallest absolute Gasteiger partial charge is 0.264 e. The fourth-order valence-electron chi connectivity index (χ4n) is 2.41. The first kappa shape index (κ1) is 12.0. The Hall–Kier alpha value is -2.01. The Labute approximate surface area is 112 Å². The number of rotatable bonds is 2. The van der Waals surface area contributed by atoms with E-state index in [1.807, 2.05) is 12.1 Å². The van der Waals surface area contributed by atoms with Crippen LogP contribution in [0.5, 0.6) is 0 Å². The highest BCUT2D eigenvalue weighted by Crippen LogP contribution is 2.37. The summed E-state index contributed by atoms with van der Waals surface area (Å²) < 4.78 is 26.6. The summed E-state index contributed by atoms with van der Waals surface area (Å²) in [7, 11) is -3.52. The van der Waals surface area contributed by atoms with Crippen LogP contribution in [0.4, 0.5) is 11.4 Å². The summed E-state index contributed by atoms with van der Waals surface area (Å²) in [6.45, 7) is 0.445. The topological polar surface area (TPSA) is 63.4 Å². The molecule has 1 aliphatic rings. The minimum Gasteiger partial charge on any atom is -0.397 e. The van der Waals surface area contributed by atoms with Gasteiger partial charge in [0.1, 0.15) is 0 Å². The van der Waals surface area contributed by atoms with Crippen molar-refractivity contribution in [1.82, 2.24) is 0 Å². The molecule has 0 atom stereocenters. The minimum atomic E-state index is -3.52. The molecule has 0 spiro atoms. The van der Waals surface area contributed by atoms with Crippen LogP contribution in [-0.2, 0) is 16.4 Å². The highest BCUT2D eigenvalue weighted by atomic mass is 32.2. The van der Waals surface area contributed by atoms with Crippen molar-refractivity contribution in [3.8, 4) is 0 Å². The van der Waals surface area contributed by atoms with E-state index < -0.39 is 10.0 Å². The fourth-order valence-corrected chi connectivity index (χ4v) is 3.96. The second-order valence-corrected chi connectivity index (χ2v) is 6.36. The van der Waals surface area contributed by atoms with Crippen LogP contribution in [-0.4, -0.2) is 15.0 Å². The normalized spacial score (nSPS) is 14.4. The molecule has 19 heavy (non-hydrogen) atoms. The third-order valence-electron chi connectivity index (χ3n) is 3.32. The maximum Gasteiger partial charge on any atom is 0.264 e. The first-order valence-corrected chi connectivity index (χ1v) is 7.50. The van der Waals surface area contributed by atoms with Crippen LogP contribution in [0.15, 0.2) is 53.4 Å². The molecular weight excluding hydrogens is 260 g/mol. The number of anilines is 2. The molecule has 0 saturated heterocycles. The Morgan fingerprint density at radius 2 is 1.74 bits per heavy atom. The lowest BCUT2D eigenvalue weighted by molar-refractivity contribution is 0.592. The lowest BCUT2D eigenvalue weighted by atomic mass is 10.1. The number of hydrogen-bond donors (Lipinski definition) is 1. The Bertz CT molecular complexity index is 711. The van der Waals surface area contributed by atoms with Gasteiger partial charge in [-0.05, 0) is 30.2 Å². The summed E-state index contributed by atoms with van der Waals surface area (Å²) in [5, 5.41) is 0. The summed E-state index contributed by atoms with van der Waals surface area (Å²) in [4.78, 5) is 0.297. The zero-order chi connectivity index (χ0) is 13.5. The molecule has 0 amide bonds. The number of nitrogen functional groups attached to an aromatic ring is 1. The Morgan fingerprint density at radius 1 is 1.00 bits per heavy atom. The second-order valence-electron chi connectivity index (χ2n) is 4.50. The molecule has 0 aromatic heterocycles. The predicted octanol–water partition coefficient (Wildman–Crippen LogP) is 2.02. The van der Waals surface area contributed by atoms with Crippen molar-refractivity contribution in [3.63, 3.8) is 0 Å². The summed E-state index contributed by atoms with van der Waals surface area (Å²) in [6, 6.07) is 14.0. The van der Waals surface area contributed by atoms with E-state index in [1.54, 1.807) is 36.4 Å². The summed E-state index contributed by atoms with van der Waals surface area (Å²) in [6.07, 6.45) is 0.701. The fraction of sp³-hybridized carbons (Fsp3) is 0.143. The molecular formula is C14H14N2O2S. The average Bonchev–Trinajstić information content (AvgIpc) is 2.86. The molecule has 2 aromatic carbocycles. The van der Waals surface area contributed by atoms with Gasteiger partial charge in [0.2, 0.25) is 0 Å². The molecule has 5 heteroatoms. The van der Waals surface area contributed by atoms with Gasteiger partial charge in [0, 0.05) is 6.54 Å². The van der Waals surface area contributed by atoms with Crippen LogP contribution >= 0.6 is 0 Å². The zero-order valence-corrected chi connectivity index (χ0v) is 11.1. The van der Waals surface area contributed by atoms with Crippen molar-refractivity contribution in [2.75, 3.05) is 16.6 Å². The van der Waals surface area contributed by atoms with Crippen molar-refractivity contribution in [2.24, 2.45) is 0 Å². The first-order valence-electron chi connectivity index (χ1n) is 6.06. The Morgan fingerprint density at radius 3 is 2.47 bits per heavy atom. The van der Waals surface area contributed by atoms with E-state index in [4.69, 9.17) is 5.73 Å². The molecule has 2 aromatic rings. The lowest BCUT2D eigenvalue weighted by Crippen LogP contribution is -2.29. The predicted molar refractivity (Wildman–Crippen MR) is 75.5 cm³/mol. The standard InChI is InChI=1S/C14H14N2O2S/c15-13-8-4-5-11-9-10-16(14(11)13)19(17,18)12-6-2-1-3-7-12/h1-8H,9-10,15H2. The van der Waals surface area contributed by atoms with Crippen molar-refractivity contribution in [1.29, 1.82) is 0 Å². The van der Waals surface area contributed by atoms with Gasteiger partial charge in [0.15, 0.2) is 0 Å². The third-order valence-corrected chi connectivity index (χ3v) is 5.13. The Kier molecular flexibility index (Phi) is 2.71. The van der Waals surface area contributed by atoms with E-state index in [-0.39, 0.29) is 0 Å². The van der Waals surface area contributed by atoms with Gasteiger partial charge in [-0.25, -0.2) is 8.42 Å². The lowest BCUT2D eigenvalue weighted by Gasteiger charge is -2.20. The quantitative estimate of drug-likeness (QED) is 0.852. The SMILES string of the molecule is Nc1cccc2c1N(S(=O)(=O)c1ccccc1)CC2. The van der Waals surface area contributed by atoms with Crippen molar-refractivity contribution in [3.05, 3.63) is 54.1 Å². The number of nitrogens with zero attached hydrogens (tertiary/aromatic N) is 1. The van der Waals surface area contributed by atoms with Crippen molar-refractivity contribution >= 4 is 21.4 Å². The minimum absolute atomic E-state index is 0.297. The number of benzene rings is 2. The summed E-state index contributed by atoms with van der Waals surface area (Å²) >= 11 is 0. The zero-order valence-electron chi connectivity index (χ0n) is 10.3. The first-order chi connectivity index (χ1) is 9.10. The maximum atomic E-state index is 12.6. The van der Waals surface area contributed by atoms with Gasteiger partial charge in [-0.15, -0.1) is 0 Å². The summed E-state index contributed by atoms with van der Waals surface area (Å²) in [5.74, 6) is 0. The van der Waals surface area contributed by atoms with Crippen molar-refractivity contribution < 1.29 is 8.42 Å². The Balaban J connectivity index is 2.12. The van der Waals surface area contributed by atoms with Gasteiger partial charge in [-0.1, -0.05) is 30.3 Å². The molecule has 1 heterocycles. The van der Waals surface area contributed by atoms with E-state index in [1.165, 1.54) is 4.31 Å². The molecule has 3 rings (SSSR count). The molecule has 4 nitrogen and oxygen atoms in total. The van der Waals surface area contributed by atoms with E-state index in [0.29, 0.717) is 29.2 Å². The number of nitrogens with two attached hydrogens (primary N) is 1. The van der Waals surface area contributed by atoms with E-state index in [2.05, 4.69) is 0 Å². The van der Waals surface area contributed by atoms with Gasteiger partial charge in [0.25, 0.3) is 10.0 Å². The highest BCUT2D eigenvalue weighted by Gasteiger charge is 2.32. The molecule has 2 N–H and O–H groups in total. The van der Waals surface area contributed by atoms with Gasteiger partial charge in [-0.2, -0.15) is 0 Å². The third kappa shape index (κ3) is 1.86. The molecule has 0 fully saturated rings. The second kappa shape index (κ2) is 4.28.